The van der Waals surface area contributed by atoms with E-state index in [1.807, 2.05) is 38.4 Å². The van der Waals surface area contributed by atoms with Crippen molar-refractivity contribution in [3.8, 4) is 0 Å². The van der Waals surface area contributed by atoms with E-state index < -0.39 is 0 Å². The SMILES string of the molecule is COC(=O)CCC(c1ccc(Cl)cc1)N(C)C. The zero-order valence-electron chi connectivity index (χ0n) is 10.4. The number of benzene rings is 1. The van der Waals surface area contributed by atoms with Gasteiger partial charge < -0.3 is 9.64 Å². The number of carbonyl (C=O) groups is 1. The molecule has 0 radical (unpaired) electrons. The normalized spacial score (nSPS) is 12.5. The van der Waals surface area contributed by atoms with E-state index in [0.29, 0.717) is 6.42 Å². The van der Waals surface area contributed by atoms with Crippen molar-refractivity contribution in [2.45, 2.75) is 18.9 Å². The van der Waals surface area contributed by atoms with Crippen molar-refractivity contribution >= 4 is 17.6 Å². The molecular formula is C13H18ClNO2. The summed E-state index contributed by atoms with van der Waals surface area (Å²) in [5.74, 6) is -0.175. The number of methoxy groups -OCH3 is 1. The van der Waals surface area contributed by atoms with Crippen LogP contribution in [0.25, 0.3) is 0 Å². The molecule has 0 fully saturated rings. The van der Waals surface area contributed by atoms with E-state index >= 15 is 0 Å². The maximum absolute atomic E-state index is 11.2. The third kappa shape index (κ3) is 4.36. The van der Waals surface area contributed by atoms with Gasteiger partial charge >= 0.3 is 5.97 Å². The Bertz CT molecular complexity index is 362. The molecule has 0 spiro atoms. The molecule has 17 heavy (non-hydrogen) atoms. The maximum atomic E-state index is 11.2. The maximum Gasteiger partial charge on any atom is 0.305 e. The summed E-state index contributed by atoms with van der Waals surface area (Å²) in [7, 11) is 5.41. The lowest BCUT2D eigenvalue weighted by Crippen LogP contribution is -2.21. The zero-order chi connectivity index (χ0) is 12.8. The smallest absolute Gasteiger partial charge is 0.305 e. The quantitative estimate of drug-likeness (QED) is 0.758. The van der Waals surface area contributed by atoms with Gasteiger partial charge in [-0.1, -0.05) is 23.7 Å². The van der Waals surface area contributed by atoms with Gasteiger partial charge in [-0.25, -0.2) is 0 Å². The number of hydrogen-bond donors (Lipinski definition) is 0. The lowest BCUT2D eigenvalue weighted by atomic mass is 10.0. The molecule has 0 bridgehead atoms. The molecule has 94 valence electrons. The Balaban J connectivity index is 2.72. The van der Waals surface area contributed by atoms with Gasteiger partial charge in [0.25, 0.3) is 0 Å². The first-order chi connectivity index (χ1) is 8.04. The molecule has 0 aliphatic heterocycles. The van der Waals surface area contributed by atoms with Crippen LogP contribution < -0.4 is 0 Å². The molecule has 4 heteroatoms. The van der Waals surface area contributed by atoms with Crippen LogP contribution >= 0.6 is 11.6 Å². The van der Waals surface area contributed by atoms with Crippen molar-refractivity contribution in [3.63, 3.8) is 0 Å². The Hall–Kier alpha value is -1.06. The van der Waals surface area contributed by atoms with Crippen LogP contribution in [0, 0.1) is 0 Å². The molecule has 0 aliphatic rings. The summed E-state index contributed by atoms with van der Waals surface area (Å²) < 4.78 is 4.66. The molecule has 1 unspecified atom stereocenters. The van der Waals surface area contributed by atoms with Gasteiger partial charge in [0.05, 0.1) is 7.11 Å². The largest absolute Gasteiger partial charge is 0.469 e. The molecule has 1 atom stereocenters. The first kappa shape index (κ1) is 14.0. The van der Waals surface area contributed by atoms with Gasteiger partial charge in [-0.05, 0) is 38.2 Å². The lowest BCUT2D eigenvalue weighted by molar-refractivity contribution is -0.141. The highest BCUT2D eigenvalue weighted by molar-refractivity contribution is 6.30. The molecular weight excluding hydrogens is 238 g/mol. The van der Waals surface area contributed by atoms with E-state index in [1.54, 1.807) is 0 Å². The Kier molecular flexibility index (Phi) is 5.45. The van der Waals surface area contributed by atoms with Crippen LogP contribution in [0.4, 0.5) is 0 Å². The lowest BCUT2D eigenvalue weighted by Gasteiger charge is -2.24. The van der Waals surface area contributed by atoms with Crippen molar-refractivity contribution < 1.29 is 9.53 Å². The summed E-state index contributed by atoms with van der Waals surface area (Å²) >= 11 is 5.86. The third-order valence-corrected chi connectivity index (χ3v) is 2.98. The summed E-state index contributed by atoms with van der Waals surface area (Å²) in [5, 5.41) is 0.722. The minimum atomic E-state index is -0.175. The van der Waals surface area contributed by atoms with E-state index in [-0.39, 0.29) is 12.0 Å². The predicted molar refractivity (Wildman–Crippen MR) is 69.1 cm³/mol. The molecule has 0 aliphatic carbocycles. The Morgan fingerprint density at radius 1 is 1.35 bits per heavy atom. The van der Waals surface area contributed by atoms with Crippen molar-refractivity contribution in [1.82, 2.24) is 4.90 Å². The van der Waals surface area contributed by atoms with E-state index in [2.05, 4.69) is 9.64 Å². The van der Waals surface area contributed by atoms with Gasteiger partial charge in [-0.3, -0.25) is 4.79 Å². The average molecular weight is 256 g/mol. The second-order valence-electron chi connectivity index (χ2n) is 4.15. The second kappa shape index (κ2) is 6.62. The Labute approximate surface area is 107 Å². The number of nitrogens with zero attached hydrogens (tertiary/aromatic N) is 1. The van der Waals surface area contributed by atoms with Crippen molar-refractivity contribution in [2.24, 2.45) is 0 Å². The first-order valence-electron chi connectivity index (χ1n) is 5.53. The van der Waals surface area contributed by atoms with Gasteiger partial charge in [0.15, 0.2) is 0 Å². The summed E-state index contributed by atoms with van der Waals surface area (Å²) in [4.78, 5) is 13.3. The topological polar surface area (TPSA) is 29.5 Å². The van der Waals surface area contributed by atoms with Gasteiger partial charge in [0.1, 0.15) is 0 Å². The molecule has 0 N–H and O–H groups in total. The van der Waals surface area contributed by atoms with E-state index in [1.165, 1.54) is 7.11 Å². The van der Waals surface area contributed by atoms with Crippen molar-refractivity contribution in [3.05, 3.63) is 34.9 Å². The number of halogens is 1. The van der Waals surface area contributed by atoms with Gasteiger partial charge in [-0.15, -0.1) is 0 Å². The first-order valence-corrected chi connectivity index (χ1v) is 5.91. The van der Waals surface area contributed by atoms with E-state index in [0.717, 1.165) is 17.0 Å². The Morgan fingerprint density at radius 2 is 1.94 bits per heavy atom. The van der Waals surface area contributed by atoms with Gasteiger partial charge in [0.2, 0.25) is 0 Å². The minimum absolute atomic E-state index is 0.175. The van der Waals surface area contributed by atoms with Crippen molar-refractivity contribution in [1.29, 1.82) is 0 Å². The molecule has 0 amide bonds. The molecule has 0 saturated carbocycles. The van der Waals surface area contributed by atoms with Crippen LogP contribution in [-0.2, 0) is 9.53 Å². The summed E-state index contributed by atoms with van der Waals surface area (Å²) in [6, 6.07) is 7.91. The van der Waals surface area contributed by atoms with Gasteiger partial charge in [0, 0.05) is 17.5 Å². The van der Waals surface area contributed by atoms with E-state index in [9.17, 15) is 4.79 Å². The van der Waals surface area contributed by atoms with Gasteiger partial charge in [-0.2, -0.15) is 0 Å². The number of carbonyl (C=O) groups excluding carboxylic acids is 1. The van der Waals surface area contributed by atoms with Crippen LogP contribution in [0.3, 0.4) is 0 Å². The molecule has 1 aromatic rings. The summed E-state index contributed by atoms with van der Waals surface area (Å²) in [5.41, 5.74) is 1.16. The molecule has 0 saturated heterocycles. The zero-order valence-corrected chi connectivity index (χ0v) is 11.2. The van der Waals surface area contributed by atoms with Crippen LogP contribution in [0.2, 0.25) is 5.02 Å². The minimum Gasteiger partial charge on any atom is -0.469 e. The molecule has 0 aromatic heterocycles. The fraction of sp³-hybridized carbons (Fsp3) is 0.462. The predicted octanol–water partition coefficient (Wildman–Crippen LogP) is 2.90. The highest BCUT2D eigenvalue weighted by Gasteiger charge is 2.15. The molecule has 3 nitrogen and oxygen atoms in total. The highest BCUT2D eigenvalue weighted by atomic mass is 35.5. The summed E-state index contributed by atoms with van der Waals surface area (Å²) in [6.45, 7) is 0. The molecule has 1 aromatic carbocycles. The molecule has 0 heterocycles. The van der Waals surface area contributed by atoms with Crippen LogP contribution in [0.1, 0.15) is 24.4 Å². The van der Waals surface area contributed by atoms with Crippen LogP contribution in [0.15, 0.2) is 24.3 Å². The highest BCUT2D eigenvalue weighted by Crippen LogP contribution is 2.24. The average Bonchev–Trinajstić information content (AvgIpc) is 2.31. The summed E-state index contributed by atoms with van der Waals surface area (Å²) in [6.07, 6.45) is 1.16. The van der Waals surface area contributed by atoms with Crippen molar-refractivity contribution in [2.75, 3.05) is 21.2 Å². The van der Waals surface area contributed by atoms with Crippen LogP contribution in [0.5, 0.6) is 0 Å². The fourth-order valence-corrected chi connectivity index (χ4v) is 1.89. The molecule has 1 rings (SSSR count). The Morgan fingerprint density at radius 3 is 2.41 bits per heavy atom. The number of hydrogen-bond acceptors (Lipinski definition) is 3. The standard InChI is InChI=1S/C13H18ClNO2/c1-15(2)12(8-9-13(16)17-3)10-4-6-11(14)7-5-10/h4-7,12H,8-9H2,1-3H3. The number of rotatable bonds is 5. The number of ether oxygens (including phenoxy) is 1. The third-order valence-electron chi connectivity index (χ3n) is 2.73. The second-order valence-corrected chi connectivity index (χ2v) is 4.58. The monoisotopic (exact) mass is 255 g/mol. The fourth-order valence-electron chi connectivity index (χ4n) is 1.76. The van der Waals surface area contributed by atoms with Crippen LogP contribution in [-0.4, -0.2) is 32.1 Å². The van der Waals surface area contributed by atoms with E-state index in [4.69, 9.17) is 11.6 Å². The number of esters is 1.